The number of aromatic amines is 2. The Morgan fingerprint density at radius 1 is 0.195 bits per heavy atom. The molecule has 40 heteroatoms. The van der Waals surface area contributed by atoms with Crippen molar-refractivity contribution in [2.45, 2.75) is 0 Å². The maximum Gasteiger partial charge on any atom is 0.335 e. The van der Waals surface area contributed by atoms with Crippen molar-refractivity contribution in [3.05, 3.63) is 285 Å². The zero-order valence-electron chi connectivity index (χ0n) is 63.3. The standard InChI is InChI=1S/C88H42F8N8O24/c89-57-49-50(58(90)66(122-42-19-3-34(4-20-42)82(107)108)65(57)121-41-17-1-33(2-18-41)81(105)106)74-97-73(49)101-75-51-52(60(92)68(124-44-23-7-36(8-24-44)84(111)112)67(59(51)91)123-43-21-5-35(6-22-43)83(109)110)77(98-75)103-79-55-56(64(96)72(128-48-31-15-40(16-32-48)88(119)120)71(63(55)95)127-47-29-13-39(14-30-47)87(117)118)80(100-79)104-78-54-53(76(99-78)102-74)61(93)69(125-45-25-9-37(10-26-45)85(113)114)70(62(54)94)126-46-27-11-38(12-28-46)86(115)116/h1-32H,(H,105,106)(H,107,108)(H,109,110)(H,111,112)(H,113,114)(H,115,116)(H,117,118)(H,119,120)(H2,97,98,99,100,101,102,103,104). The van der Waals surface area contributed by atoms with E-state index in [1.54, 1.807) is 0 Å². The Balaban J connectivity index is 1.05. The van der Waals surface area contributed by atoms with Crippen molar-refractivity contribution in [3.8, 4) is 138 Å². The Labute approximate surface area is 703 Å². The third-order valence-electron chi connectivity index (χ3n) is 19.4. The number of carbonyl (C=O) groups is 8. The number of fused-ring (bicyclic) bond motifs is 20. The van der Waals surface area contributed by atoms with E-state index >= 15 is 35.1 Å². The molecule has 0 amide bonds. The van der Waals surface area contributed by atoms with Crippen molar-refractivity contribution in [2.75, 3.05) is 0 Å². The van der Waals surface area contributed by atoms with Gasteiger partial charge in [-0.3, -0.25) is 0 Å². The summed E-state index contributed by atoms with van der Waals surface area (Å²) >= 11 is 0. The van der Waals surface area contributed by atoms with Crippen LogP contribution in [0.1, 0.15) is 82.9 Å². The minimum Gasteiger partial charge on any atom is -0.478 e. The predicted molar refractivity (Wildman–Crippen MR) is 424 cm³/mol. The van der Waals surface area contributed by atoms with Crippen molar-refractivity contribution in [2.24, 2.45) is 0 Å². The van der Waals surface area contributed by atoms with E-state index in [0.717, 1.165) is 194 Å². The highest BCUT2D eigenvalue weighted by Crippen LogP contribution is 2.55. The first-order chi connectivity index (χ1) is 61.3. The van der Waals surface area contributed by atoms with Gasteiger partial charge in [-0.2, -0.15) is 0 Å². The molecule has 32 nitrogen and oxygen atoms in total. The van der Waals surface area contributed by atoms with Gasteiger partial charge in [0.05, 0.1) is 88.3 Å². The fourth-order valence-corrected chi connectivity index (χ4v) is 13.3. The molecule has 8 bridgehead atoms. The Kier molecular flexibility index (Phi) is 20.6. The molecule has 15 aromatic rings. The second kappa shape index (κ2) is 32.2. The number of nitrogens with zero attached hydrogens (tertiary/aromatic N) is 6. The van der Waals surface area contributed by atoms with Crippen LogP contribution in [0.2, 0.25) is 0 Å². The number of benzene rings is 12. The van der Waals surface area contributed by atoms with E-state index in [2.05, 4.69) is 39.9 Å². The summed E-state index contributed by atoms with van der Waals surface area (Å²) in [7, 11) is 0. The summed E-state index contributed by atoms with van der Waals surface area (Å²) in [6.07, 6.45) is 0. The fourth-order valence-electron chi connectivity index (χ4n) is 13.3. The number of ether oxygens (including phenoxy) is 8. The molecule has 12 aromatic carbocycles. The van der Waals surface area contributed by atoms with E-state index in [9.17, 15) is 79.2 Å². The van der Waals surface area contributed by atoms with Crippen LogP contribution >= 0.6 is 0 Å². The fraction of sp³-hybridized carbons (Fsp3) is 0. The average molecular weight is 1750 g/mol. The van der Waals surface area contributed by atoms with Crippen LogP contribution in [0.25, 0.3) is 89.7 Å². The second-order valence-corrected chi connectivity index (χ2v) is 27.2. The van der Waals surface area contributed by atoms with Gasteiger partial charge in [-0.1, -0.05) is 0 Å². The van der Waals surface area contributed by atoms with Crippen LogP contribution in [0.3, 0.4) is 0 Å². The third kappa shape index (κ3) is 15.0. The number of aromatic nitrogens is 8. The quantitative estimate of drug-likeness (QED) is 0.0251. The van der Waals surface area contributed by atoms with Crippen molar-refractivity contribution in [3.63, 3.8) is 0 Å². The molecule has 0 fully saturated rings. The van der Waals surface area contributed by atoms with Crippen LogP contribution in [-0.2, 0) is 0 Å². The highest BCUT2D eigenvalue weighted by atomic mass is 19.2. The summed E-state index contributed by atoms with van der Waals surface area (Å²) < 4.78 is 201. The van der Waals surface area contributed by atoms with Crippen LogP contribution in [0.5, 0.6) is 92.0 Å². The van der Waals surface area contributed by atoms with E-state index in [4.69, 9.17) is 37.9 Å². The number of carboxylic acids is 8. The monoisotopic (exact) mass is 1750 g/mol. The van der Waals surface area contributed by atoms with Crippen LogP contribution in [-0.4, -0.2) is 128 Å². The molecule has 128 heavy (non-hydrogen) atoms. The second-order valence-electron chi connectivity index (χ2n) is 27.2. The molecule has 0 aliphatic carbocycles. The molecule has 10 N–H and O–H groups in total. The first kappa shape index (κ1) is 81.9. The summed E-state index contributed by atoms with van der Waals surface area (Å²) in [6, 6.07) is 31.0. The molecule has 3 aromatic heterocycles. The van der Waals surface area contributed by atoms with Gasteiger partial charge in [0.1, 0.15) is 68.6 Å². The van der Waals surface area contributed by atoms with Gasteiger partial charge in [-0.05, 0) is 194 Å². The minimum atomic E-state index is -1.84. The summed E-state index contributed by atoms with van der Waals surface area (Å²) in [6.45, 7) is 0. The number of H-pyrrole nitrogens is 2. The Morgan fingerprint density at radius 2 is 0.320 bits per heavy atom. The van der Waals surface area contributed by atoms with Crippen molar-refractivity contribution >= 4 is 91.9 Å². The number of nitrogens with one attached hydrogen (secondary N) is 2. The molecule has 5 heterocycles. The lowest BCUT2D eigenvalue weighted by Gasteiger charge is -2.17. The largest absolute Gasteiger partial charge is 0.478 e. The van der Waals surface area contributed by atoms with Crippen molar-refractivity contribution in [1.29, 1.82) is 0 Å². The number of aromatic carboxylic acids is 8. The van der Waals surface area contributed by atoms with E-state index in [1.165, 1.54) is 0 Å². The lowest BCUT2D eigenvalue weighted by molar-refractivity contribution is 0.0686. The SMILES string of the molecule is O=C(O)c1ccc(Oc2c(F)c3c(c(F)c2Oc2ccc(C(=O)O)cc2)-c2nc-3nc3[nH]c(nc4nc(nc5[nH]c(n2)c2c(F)c(Oc6ccc(C(=O)O)cc6)c(Oc6ccc(C(=O)O)cc6)c(F)c52)-c2c(F)c(Oc5ccc(C(=O)O)cc5)c(Oc5ccc(C(=O)O)cc5)c(F)c2-4)c2c(F)c(Oc4ccc(C(=O)O)cc4)c(Oc4ccc(C(=O)O)cc4)c(F)c32)cc1. The molecule has 0 spiro atoms. The number of hydrogen-bond donors (Lipinski definition) is 10. The Hall–Kier alpha value is -18.4. The summed E-state index contributed by atoms with van der Waals surface area (Å²) in [5.41, 5.74) is -12.6. The van der Waals surface area contributed by atoms with E-state index in [1.807, 2.05) is 0 Å². The van der Waals surface area contributed by atoms with Crippen molar-refractivity contribution < 1.29 is 152 Å². The average Bonchev–Trinajstić information content (AvgIpc) is 1.56. The maximum absolute atomic E-state index is 19.1. The summed E-state index contributed by atoms with van der Waals surface area (Å²) in [5.74, 6) is -45.9. The summed E-state index contributed by atoms with van der Waals surface area (Å²) in [5, 5.41) is 73.9. The molecule has 2 aliphatic rings. The first-order valence-electron chi connectivity index (χ1n) is 36.5. The number of hydrogen-bond acceptors (Lipinski definition) is 22. The first-order valence-corrected chi connectivity index (χ1v) is 36.5. The zero-order chi connectivity index (χ0) is 90.3. The molecule has 0 saturated carbocycles. The van der Waals surface area contributed by atoms with Gasteiger partial charge < -0.3 is 88.7 Å². The number of rotatable bonds is 24. The highest BCUT2D eigenvalue weighted by Gasteiger charge is 2.41. The van der Waals surface area contributed by atoms with Crippen LogP contribution in [0, 0.1) is 46.5 Å². The van der Waals surface area contributed by atoms with E-state index in [-0.39, 0.29) is 44.5 Å². The molecular weight excluding hydrogens is 1700 g/mol. The molecule has 0 unspecified atom stereocenters. The maximum atomic E-state index is 19.1. The molecule has 634 valence electrons. The Morgan fingerprint density at radius 3 is 0.445 bits per heavy atom. The van der Waals surface area contributed by atoms with E-state index in [0.29, 0.717) is 0 Å². The topological polar surface area (TPSA) is 481 Å². The third-order valence-corrected chi connectivity index (χ3v) is 19.4. The predicted octanol–water partition coefficient (Wildman–Crippen LogP) is 19.9. The van der Waals surface area contributed by atoms with Gasteiger partial charge in [0.2, 0.25) is 46.0 Å². The normalized spacial score (nSPS) is 11.3. The van der Waals surface area contributed by atoms with Gasteiger partial charge in [0, 0.05) is 0 Å². The summed E-state index contributed by atoms with van der Waals surface area (Å²) in [4.78, 5) is 129. The lowest BCUT2D eigenvalue weighted by atomic mass is 10.0. The Bertz CT molecular complexity index is 6650. The van der Waals surface area contributed by atoms with Gasteiger partial charge in [0.15, 0.2) is 69.8 Å². The number of halogens is 8. The molecule has 2 aliphatic heterocycles. The minimum absolute atomic E-state index is 0.375. The van der Waals surface area contributed by atoms with Gasteiger partial charge in [-0.25, -0.2) is 103 Å². The lowest BCUT2D eigenvalue weighted by Crippen LogP contribution is -2.02. The van der Waals surface area contributed by atoms with Gasteiger partial charge >= 0.3 is 47.8 Å². The molecule has 0 saturated heterocycles. The van der Waals surface area contributed by atoms with Crippen molar-refractivity contribution in [1.82, 2.24) is 39.9 Å². The molecule has 17 rings (SSSR count). The van der Waals surface area contributed by atoms with Crippen LogP contribution < -0.4 is 37.9 Å². The van der Waals surface area contributed by atoms with Gasteiger partial charge in [-0.15, -0.1) is 0 Å². The van der Waals surface area contributed by atoms with E-state index < -0.39 is 276 Å². The van der Waals surface area contributed by atoms with Gasteiger partial charge in [0.25, 0.3) is 0 Å². The van der Waals surface area contributed by atoms with Crippen LogP contribution in [0.15, 0.2) is 194 Å². The molecule has 0 atom stereocenters. The molecule has 0 radical (unpaired) electrons. The zero-order valence-corrected chi connectivity index (χ0v) is 63.3. The number of carboxylic acid groups (broad SMARTS) is 8. The smallest absolute Gasteiger partial charge is 0.335 e. The highest BCUT2D eigenvalue weighted by molar-refractivity contribution is 6.10. The molecular formula is C88H42F8N8O24. The van der Waals surface area contributed by atoms with Crippen LogP contribution in [0.4, 0.5) is 35.1 Å².